The van der Waals surface area contributed by atoms with Crippen LogP contribution in [-0.4, -0.2) is 0 Å². The van der Waals surface area contributed by atoms with E-state index in [0.717, 1.165) is 0 Å². The Kier molecular flexibility index (Phi) is 4.75. The number of hydrogen-bond acceptors (Lipinski definition) is 0. The SMILES string of the molecule is C(=C\c1ccccc1-c1ccccc1)/c1ccccc1-c1ccccc1. The van der Waals surface area contributed by atoms with Gasteiger partial charge >= 0.3 is 0 Å². The van der Waals surface area contributed by atoms with E-state index in [-0.39, 0.29) is 0 Å². The summed E-state index contributed by atoms with van der Waals surface area (Å²) in [7, 11) is 0. The highest BCUT2D eigenvalue weighted by molar-refractivity contribution is 5.85. The van der Waals surface area contributed by atoms with Crippen LogP contribution in [-0.2, 0) is 0 Å². The first kappa shape index (κ1) is 16.1. The molecule has 0 unspecified atom stereocenters. The van der Waals surface area contributed by atoms with E-state index in [4.69, 9.17) is 0 Å². The second-order valence-corrected chi connectivity index (χ2v) is 6.24. The minimum Gasteiger partial charge on any atom is -0.0622 e. The molecule has 4 rings (SSSR count). The molecule has 0 atom stereocenters. The first-order valence-electron chi connectivity index (χ1n) is 8.89. The fourth-order valence-electron chi connectivity index (χ4n) is 3.23. The summed E-state index contributed by atoms with van der Waals surface area (Å²) in [6, 6.07) is 38.1. The highest BCUT2D eigenvalue weighted by Crippen LogP contribution is 2.28. The van der Waals surface area contributed by atoms with Crippen molar-refractivity contribution in [3.05, 3.63) is 120 Å². The maximum absolute atomic E-state index is 2.21. The van der Waals surface area contributed by atoms with E-state index in [2.05, 4.69) is 121 Å². The van der Waals surface area contributed by atoms with E-state index < -0.39 is 0 Å². The van der Waals surface area contributed by atoms with Crippen molar-refractivity contribution in [1.29, 1.82) is 0 Å². The van der Waals surface area contributed by atoms with E-state index in [1.54, 1.807) is 0 Å². The van der Waals surface area contributed by atoms with Gasteiger partial charge in [0.05, 0.1) is 0 Å². The van der Waals surface area contributed by atoms with E-state index in [1.165, 1.54) is 33.4 Å². The van der Waals surface area contributed by atoms with Crippen molar-refractivity contribution in [3.8, 4) is 22.3 Å². The summed E-state index contributed by atoms with van der Waals surface area (Å²) in [4.78, 5) is 0. The first-order valence-corrected chi connectivity index (χ1v) is 8.89. The molecule has 0 aliphatic rings. The van der Waals surface area contributed by atoms with Crippen LogP contribution < -0.4 is 0 Å². The summed E-state index contributed by atoms with van der Waals surface area (Å²) in [5.74, 6) is 0. The second kappa shape index (κ2) is 7.67. The van der Waals surface area contributed by atoms with Gasteiger partial charge in [-0.3, -0.25) is 0 Å². The molecule has 0 N–H and O–H groups in total. The van der Waals surface area contributed by atoms with Gasteiger partial charge in [0.1, 0.15) is 0 Å². The molecule has 0 spiro atoms. The van der Waals surface area contributed by atoms with Gasteiger partial charge in [0.25, 0.3) is 0 Å². The lowest BCUT2D eigenvalue weighted by atomic mass is 9.96. The molecule has 0 bridgehead atoms. The first-order chi connectivity index (χ1) is 12.9. The van der Waals surface area contributed by atoms with E-state index >= 15 is 0 Å². The van der Waals surface area contributed by atoms with Crippen LogP contribution in [0.4, 0.5) is 0 Å². The molecule has 0 nitrogen and oxygen atoms in total. The van der Waals surface area contributed by atoms with E-state index in [0.29, 0.717) is 0 Å². The lowest BCUT2D eigenvalue weighted by Crippen LogP contribution is -1.84. The Morgan fingerprint density at radius 3 is 1.12 bits per heavy atom. The minimum absolute atomic E-state index is 1.22. The van der Waals surface area contributed by atoms with Gasteiger partial charge < -0.3 is 0 Å². The maximum Gasteiger partial charge on any atom is -0.0111 e. The summed E-state index contributed by atoms with van der Waals surface area (Å²) >= 11 is 0. The molecule has 0 fully saturated rings. The van der Waals surface area contributed by atoms with Crippen molar-refractivity contribution >= 4 is 12.2 Å². The highest BCUT2D eigenvalue weighted by atomic mass is 14.1. The van der Waals surface area contributed by atoms with E-state index in [1.807, 2.05) is 0 Å². The molecule has 0 saturated carbocycles. The molecule has 0 aliphatic heterocycles. The topological polar surface area (TPSA) is 0 Å². The summed E-state index contributed by atoms with van der Waals surface area (Å²) in [6.45, 7) is 0. The van der Waals surface area contributed by atoms with Crippen LogP contribution in [0.2, 0.25) is 0 Å². The standard InChI is InChI=1S/C26H20/c1-3-11-21(12-4-1)25-17-9-7-15-23(25)19-20-24-16-8-10-18-26(24)22-13-5-2-6-14-22/h1-20H/b20-19+. The third kappa shape index (κ3) is 3.50. The van der Waals surface area contributed by atoms with Crippen molar-refractivity contribution in [3.63, 3.8) is 0 Å². The number of rotatable bonds is 4. The highest BCUT2D eigenvalue weighted by Gasteiger charge is 2.03. The monoisotopic (exact) mass is 332 g/mol. The van der Waals surface area contributed by atoms with Gasteiger partial charge in [0.15, 0.2) is 0 Å². The molecule has 0 aromatic heterocycles. The predicted octanol–water partition coefficient (Wildman–Crippen LogP) is 7.19. The molecule has 0 aliphatic carbocycles. The average molecular weight is 332 g/mol. The Morgan fingerprint density at radius 2 is 0.692 bits per heavy atom. The van der Waals surface area contributed by atoms with Gasteiger partial charge in [-0.05, 0) is 33.4 Å². The lowest BCUT2D eigenvalue weighted by Gasteiger charge is -2.08. The van der Waals surface area contributed by atoms with Gasteiger partial charge in [-0.1, -0.05) is 121 Å². The quantitative estimate of drug-likeness (QED) is 0.347. The third-order valence-corrected chi connectivity index (χ3v) is 4.53. The molecule has 0 saturated heterocycles. The van der Waals surface area contributed by atoms with Crippen LogP contribution in [0.25, 0.3) is 34.4 Å². The molecule has 0 radical (unpaired) electrons. The van der Waals surface area contributed by atoms with Gasteiger partial charge in [-0.25, -0.2) is 0 Å². The lowest BCUT2D eigenvalue weighted by molar-refractivity contribution is 1.58. The van der Waals surface area contributed by atoms with Crippen molar-refractivity contribution < 1.29 is 0 Å². The zero-order valence-electron chi connectivity index (χ0n) is 14.5. The van der Waals surface area contributed by atoms with Crippen molar-refractivity contribution in [2.45, 2.75) is 0 Å². The van der Waals surface area contributed by atoms with Crippen LogP contribution in [0.1, 0.15) is 11.1 Å². The van der Waals surface area contributed by atoms with Gasteiger partial charge in [-0.15, -0.1) is 0 Å². The maximum atomic E-state index is 2.21. The van der Waals surface area contributed by atoms with Gasteiger partial charge in [0, 0.05) is 0 Å². The van der Waals surface area contributed by atoms with Crippen LogP contribution in [0.15, 0.2) is 109 Å². The molecule has 0 heterocycles. The molecule has 26 heavy (non-hydrogen) atoms. The molecule has 4 aromatic rings. The molecule has 4 aromatic carbocycles. The Hall–Kier alpha value is -3.38. The Labute approximate surface area is 155 Å². The Bertz CT molecular complexity index is 927. The molecule has 0 amide bonds. The number of hydrogen-bond donors (Lipinski definition) is 0. The zero-order valence-corrected chi connectivity index (χ0v) is 14.5. The van der Waals surface area contributed by atoms with E-state index in [9.17, 15) is 0 Å². The normalized spacial score (nSPS) is 10.9. The fourth-order valence-corrected chi connectivity index (χ4v) is 3.23. The van der Waals surface area contributed by atoms with Gasteiger partial charge in [0.2, 0.25) is 0 Å². The molecule has 0 heteroatoms. The summed E-state index contributed by atoms with van der Waals surface area (Å²) in [6.07, 6.45) is 4.42. The molecular formula is C26H20. The molecule has 124 valence electrons. The zero-order chi connectivity index (χ0) is 17.6. The minimum atomic E-state index is 1.22. The molecular weight excluding hydrogens is 312 g/mol. The summed E-state index contributed by atoms with van der Waals surface area (Å²) in [5.41, 5.74) is 7.43. The van der Waals surface area contributed by atoms with Gasteiger partial charge in [-0.2, -0.15) is 0 Å². The van der Waals surface area contributed by atoms with Crippen LogP contribution in [0.5, 0.6) is 0 Å². The van der Waals surface area contributed by atoms with Crippen LogP contribution in [0.3, 0.4) is 0 Å². The largest absolute Gasteiger partial charge is 0.0622 e. The predicted molar refractivity (Wildman–Crippen MR) is 113 cm³/mol. The van der Waals surface area contributed by atoms with Crippen molar-refractivity contribution in [2.24, 2.45) is 0 Å². The summed E-state index contributed by atoms with van der Waals surface area (Å²) < 4.78 is 0. The fraction of sp³-hybridized carbons (Fsp3) is 0. The smallest absolute Gasteiger partial charge is 0.0111 e. The average Bonchev–Trinajstić information content (AvgIpc) is 2.74. The second-order valence-electron chi connectivity index (χ2n) is 6.24. The Balaban J connectivity index is 1.73. The summed E-state index contributed by atoms with van der Waals surface area (Å²) in [5, 5.41) is 0. The Morgan fingerprint density at radius 1 is 0.346 bits per heavy atom. The number of benzene rings is 4. The van der Waals surface area contributed by atoms with Crippen LogP contribution in [0, 0.1) is 0 Å². The third-order valence-electron chi connectivity index (χ3n) is 4.53. The van der Waals surface area contributed by atoms with Crippen LogP contribution >= 0.6 is 0 Å². The van der Waals surface area contributed by atoms with Crippen molar-refractivity contribution in [1.82, 2.24) is 0 Å². The van der Waals surface area contributed by atoms with Crippen molar-refractivity contribution in [2.75, 3.05) is 0 Å².